The highest BCUT2D eigenvalue weighted by Crippen LogP contribution is 2.26. The van der Waals surface area contributed by atoms with Crippen LogP contribution in [0, 0.1) is 0 Å². The van der Waals surface area contributed by atoms with Gasteiger partial charge in [-0.15, -0.1) is 0 Å². The fourth-order valence-electron chi connectivity index (χ4n) is 3.26. The predicted molar refractivity (Wildman–Crippen MR) is 119 cm³/mol. The molecule has 2 heterocycles. The molecule has 4 rings (SSSR count). The van der Waals surface area contributed by atoms with E-state index in [-0.39, 0.29) is 5.91 Å². The molecule has 0 atom stereocenters. The highest BCUT2D eigenvalue weighted by molar-refractivity contribution is 5.97. The summed E-state index contributed by atoms with van der Waals surface area (Å²) >= 11 is 0. The number of rotatable bonds is 7. The average molecular weight is 394 g/mol. The van der Waals surface area contributed by atoms with Crippen LogP contribution >= 0.6 is 0 Å². The number of pyridine rings is 2. The summed E-state index contributed by atoms with van der Waals surface area (Å²) in [5.74, 6) is -0.00246. The highest BCUT2D eigenvalue weighted by atomic mass is 16.1. The highest BCUT2D eigenvalue weighted by Gasteiger charge is 2.22. The molecular weight excluding hydrogens is 372 g/mol. The summed E-state index contributed by atoms with van der Waals surface area (Å²) in [6, 6.07) is 27.2. The van der Waals surface area contributed by atoms with Gasteiger partial charge >= 0.3 is 0 Å². The molecule has 0 fully saturated rings. The fraction of sp³-hybridized carbons (Fsp3) is 0.0800. The Morgan fingerprint density at radius 3 is 2.07 bits per heavy atom. The number of aromatic nitrogens is 2. The van der Waals surface area contributed by atoms with Gasteiger partial charge < -0.3 is 10.6 Å². The fourth-order valence-corrected chi connectivity index (χ4v) is 3.26. The van der Waals surface area contributed by atoms with E-state index >= 15 is 0 Å². The van der Waals surface area contributed by atoms with Gasteiger partial charge in [0, 0.05) is 18.9 Å². The van der Waals surface area contributed by atoms with E-state index in [9.17, 15) is 4.79 Å². The number of nitrogens with zero attached hydrogens (tertiary/aromatic N) is 2. The third-order valence-corrected chi connectivity index (χ3v) is 4.76. The van der Waals surface area contributed by atoms with Crippen LogP contribution in [0.4, 0.5) is 11.5 Å². The third kappa shape index (κ3) is 4.89. The summed E-state index contributed by atoms with van der Waals surface area (Å²) in [6.07, 6.45) is 5.29. The van der Waals surface area contributed by atoms with Crippen LogP contribution in [0.3, 0.4) is 0 Å². The maximum Gasteiger partial charge on any atom is 0.237 e. The van der Waals surface area contributed by atoms with Crippen molar-refractivity contribution in [3.05, 3.63) is 120 Å². The van der Waals surface area contributed by atoms with Crippen molar-refractivity contribution in [2.24, 2.45) is 0 Å². The first kappa shape index (κ1) is 19.3. The molecule has 0 spiro atoms. The van der Waals surface area contributed by atoms with E-state index in [0.717, 1.165) is 22.4 Å². The summed E-state index contributed by atoms with van der Waals surface area (Å²) in [6.45, 7) is 0.658. The molecule has 0 radical (unpaired) electrons. The molecule has 4 aromatic rings. The van der Waals surface area contributed by atoms with Gasteiger partial charge in [-0.1, -0.05) is 66.7 Å². The summed E-state index contributed by atoms with van der Waals surface area (Å²) in [5, 5.41) is 6.25. The number of benzene rings is 2. The Kier molecular flexibility index (Phi) is 6.11. The maximum atomic E-state index is 13.1. The molecule has 5 heteroatoms. The van der Waals surface area contributed by atoms with Crippen molar-refractivity contribution in [2.45, 2.75) is 12.5 Å². The van der Waals surface area contributed by atoms with Crippen molar-refractivity contribution >= 4 is 17.4 Å². The van der Waals surface area contributed by atoms with Crippen LogP contribution < -0.4 is 10.6 Å². The Bertz CT molecular complexity index is 1030. The molecule has 0 bridgehead atoms. The number of carbonyl (C=O) groups excluding carboxylic acids is 1. The lowest BCUT2D eigenvalue weighted by Gasteiger charge is -2.17. The van der Waals surface area contributed by atoms with Crippen molar-refractivity contribution in [1.82, 2.24) is 9.97 Å². The molecule has 148 valence electrons. The first-order chi connectivity index (χ1) is 14.8. The Labute approximate surface area is 175 Å². The van der Waals surface area contributed by atoms with Gasteiger partial charge in [0.25, 0.3) is 0 Å². The number of amides is 1. The number of hydrogen-bond acceptors (Lipinski definition) is 4. The molecule has 2 aromatic carbocycles. The van der Waals surface area contributed by atoms with Crippen molar-refractivity contribution in [1.29, 1.82) is 0 Å². The molecule has 0 saturated heterocycles. The smallest absolute Gasteiger partial charge is 0.237 e. The van der Waals surface area contributed by atoms with Crippen molar-refractivity contribution in [2.75, 3.05) is 10.6 Å². The van der Waals surface area contributed by atoms with Crippen LogP contribution in [-0.2, 0) is 11.3 Å². The Balaban J connectivity index is 1.46. The van der Waals surface area contributed by atoms with Crippen molar-refractivity contribution in [3.63, 3.8) is 0 Å². The predicted octanol–water partition coefficient (Wildman–Crippen LogP) is 4.86. The minimum absolute atomic E-state index is 0.115. The normalized spacial score (nSPS) is 10.6. The summed E-state index contributed by atoms with van der Waals surface area (Å²) in [7, 11) is 0. The van der Waals surface area contributed by atoms with Crippen LogP contribution in [0.1, 0.15) is 22.6 Å². The number of nitrogens with one attached hydrogen (secondary N) is 2. The lowest BCUT2D eigenvalue weighted by Crippen LogP contribution is -2.22. The van der Waals surface area contributed by atoms with E-state index in [1.165, 1.54) is 0 Å². The molecule has 2 aromatic heterocycles. The van der Waals surface area contributed by atoms with Gasteiger partial charge in [-0.25, -0.2) is 4.98 Å². The minimum atomic E-state index is -0.405. The molecule has 0 aliphatic carbocycles. The van der Waals surface area contributed by atoms with E-state index in [4.69, 9.17) is 0 Å². The molecule has 5 nitrogen and oxygen atoms in total. The van der Waals surface area contributed by atoms with Gasteiger partial charge in [0.05, 0.1) is 17.8 Å². The molecule has 0 aliphatic rings. The second kappa shape index (κ2) is 9.47. The van der Waals surface area contributed by atoms with E-state index < -0.39 is 5.92 Å². The lowest BCUT2D eigenvalue weighted by molar-refractivity contribution is -0.116. The van der Waals surface area contributed by atoms with Gasteiger partial charge in [-0.3, -0.25) is 9.78 Å². The Morgan fingerprint density at radius 2 is 1.50 bits per heavy atom. The van der Waals surface area contributed by atoms with Crippen LogP contribution in [-0.4, -0.2) is 15.9 Å². The molecule has 0 saturated carbocycles. The summed E-state index contributed by atoms with van der Waals surface area (Å²) in [4.78, 5) is 21.6. The van der Waals surface area contributed by atoms with E-state index in [0.29, 0.717) is 12.4 Å². The van der Waals surface area contributed by atoms with Crippen LogP contribution in [0.15, 0.2) is 104 Å². The van der Waals surface area contributed by atoms with Gasteiger partial charge in [-0.2, -0.15) is 0 Å². The lowest BCUT2D eigenvalue weighted by atomic mass is 9.90. The average Bonchev–Trinajstić information content (AvgIpc) is 2.81. The van der Waals surface area contributed by atoms with Crippen LogP contribution in [0.25, 0.3) is 0 Å². The minimum Gasteiger partial charge on any atom is -0.380 e. The van der Waals surface area contributed by atoms with Gasteiger partial charge in [-0.05, 0) is 34.9 Å². The zero-order valence-electron chi connectivity index (χ0n) is 16.4. The molecule has 0 aliphatic heterocycles. The first-order valence-corrected chi connectivity index (χ1v) is 9.79. The van der Waals surface area contributed by atoms with Crippen molar-refractivity contribution < 1.29 is 4.79 Å². The number of anilines is 2. The SMILES string of the molecule is O=C(Nc1ccc(NCc2cccnc2)cn1)C(c1ccccc1)c1ccccc1. The number of carbonyl (C=O) groups is 1. The Hall–Kier alpha value is -3.99. The van der Waals surface area contributed by atoms with E-state index in [1.807, 2.05) is 85.1 Å². The third-order valence-electron chi connectivity index (χ3n) is 4.76. The Morgan fingerprint density at radius 1 is 0.800 bits per heavy atom. The summed E-state index contributed by atoms with van der Waals surface area (Å²) in [5.41, 5.74) is 3.84. The van der Waals surface area contributed by atoms with Gasteiger partial charge in [0.15, 0.2) is 0 Å². The quantitative estimate of drug-likeness (QED) is 0.470. The van der Waals surface area contributed by atoms with Crippen LogP contribution in [0.5, 0.6) is 0 Å². The van der Waals surface area contributed by atoms with Crippen molar-refractivity contribution in [3.8, 4) is 0 Å². The van der Waals surface area contributed by atoms with Crippen LogP contribution in [0.2, 0.25) is 0 Å². The van der Waals surface area contributed by atoms with E-state index in [2.05, 4.69) is 20.6 Å². The molecular formula is C25H22N4O. The van der Waals surface area contributed by atoms with Gasteiger partial charge in [0.2, 0.25) is 5.91 Å². The largest absolute Gasteiger partial charge is 0.380 e. The monoisotopic (exact) mass is 394 g/mol. The zero-order chi connectivity index (χ0) is 20.6. The summed E-state index contributed by atoms with van der Waals surface area (Å²) < 4.78 is 0. The maximum absolute atomic E-state index is 13.1. The first-order valence-electron chi connectivity index (χ1n) is 9.79. The topological polar surface area (TPSA) is 66.9 Å². The second-order valence-electron chi connectivity index (χ2n) is 6.89. The van der Waals surface area contributed by atoms with Gasteiger partial charge in [0.1, 0.15) is 5.82 Å². The standard InChI is InChI=1S/C25H22N4O/c30-25(24(20-9-3-1-4-10-20)21-11-5-2-6-12-21)29-23-14-13-22(18-28-23)27-17-19-8-7-15-26-16-19/h1-16,18,24,27H,17H2,(H,28,29,30). The van der Waals surface area contributed by atoms with E-state index in [1.54, 1.807) is 18.5 Å². The molecule has 1 amide bonds. The number of hydrogen-bond donors (Lipinski definition) is 2. The molecule has 2 N–H and O–H groups in total. The zero-order valence-corrected chi connectivity index (χ0v) is 16.4. The molecule has 0 unspecified atom stereocenters. The molecule has 30 heavy (non-hydrogen) atoms. The second-order valence-corrected chi connectivity index (χ2v) is 6.89.